The van der Waals surface area contributed by atoms with Crippen LogP contribution in [0.5, 0.6) is 17.4 Å². The van der Waals surface area contributed by atoms with Gasteiger partial charge < -0.3 is 14.8 Å². The molecule has 0 saturated carbocycles. The van der Waals surface area contributed by atoms with Crippen molar-refractivity contribution < 1.29 is 13.9 Å². The quantitative estimate of drug-likeness (QED) is 0.919. The van der Waals surface area contributed by atoms with Gasteiger partial charge in [0.2, 0.25) is 5.75 Å². The maximum Gasteiger partial charge on any atom is 0.268 e. The molecule has 2 aromatic rings. The molecule has 0 aliphatic carbocycles. The number of benzene rings is 1. The largest absolute Gasteiger partial charge is 0.489 e. The van der Waals surface area contributed by atoms with Gasteiger partial charge in [-0.15, -0.1) is 0 Å². The highest BCUT2D eigenvalue weighted by atomic mass is 19.1. The Morgan fingerprint density at radius 3 is 2.74 bits per heavy atom. The topological polar surface area (TPSA) is 56.3 Å². The van der Waals surface area contributed by atoms with Gasteiger partial charge in [0.15, 0.2) is 17.4 Å². The van der Waals surface area contributed by atoms with E-state index in [1.54, 1.807) is 19.2 Å². The summed E-state index contributed by atoms with van der Waals surface area (Å²) in [7, 11) is 3.17. The lowest BCUT2D eigenvalue weighted by Crippen LogP contribution is -2.01. The van der Waals surface area contributed by atoms with Gasteiger partial charge in [0, 0.05) is 7.05 Å². The number of anilines is 1. The zero-order valence-electron chi connectivity index (χ0n) is 10.9. The Labute approximate surface area is 110 Å². The maximum absolute atomic E-state index is 13.6. The van der Waals surface area contributed by atoms with E-state index in [0.717, 1.165) is 5.56 Å². The van der Waals surface area contributed by atoms with Gasteiger partial charge >= 0.3 is 0 Å². The summed E-state index contributed by atoms with van der Waals surface area (Å²) in [5.41, 5.74) is 0.887. The third-order valence-electron chi connectivity index (χ3n) is 2.51. The van der Waals surface area contributed by atoms with E-state index < -0.39 is 5.82 Å². The van der Waals surface area contributed by atoms with E-state index in [9.17, 15) is 4.39 Å². The van der Waals surface area contributed by atoms with E-state index in [2.05, 4.69) is 15.3 Å². The maximum atomic E-state index is 13.6. The Balaban J connectivity index is 2.40. The zero-order chi connectivity index (χ0) is 13.8. The van der Waals surface area contributed by atoms with Crippen LogP contribution in [-0.2, 0) is 0 Å². The molecule has 5 nitrogen and oxygen atoms in total. The van der Waals surface area contributed by atoms with Crippen molar-refractivity contribution in [3.8, 4) is 17.4 Å². The average Bonchev–Trinajstić information content (AvgIpc) is 2.42. The monoisotopic (exact) mass is 263 g/mol. The molecule has 0 aliphatic rings. The zero-order valence-corrected chi connectivity index (χ0v) is 10.9. The van der Waals surface area contributed by atoms with Crippen molar-refractivity contribution in [3.63, 3.8) is 0 Å². The number of hydrogen-bond acceptors (Lipinski definition) is 5. The van der Waals surface area contributed by atoms with Gasteiger partial charge in [-0.25, -0.2) is 9.37 Å². The number of halogens is 1. The fourth-order valence-corrected chi connectivity index (χ4v) is 1.59. The molecule has 1 heterocycles. The fraction of sp³-hybridized carbons (Fsp3) is 0.231. The molecule has 0 saturated heterocycles. The molecule has 1 N–H and O–H groups in total. The van der Waals surface area contributed by atoms with E-state index in [1.807, 2.05) is 6.92 Å². The Bertz CT molecular complexity index is 590. The number of aryl methyl sites for hydroxylation is 1. The third kappa shape index (κ3) is 2.73. The number of aromatic nitrogens is 2. The predicted molar refractivity (Wildman–Crippen MR) is 69.3 cm³/mol. The molecule has 100 valence electrons. The first kappa shape index (κ1) is 13.1. The number of methoxy groups -OCH3 is 1. The molecule has 0 spiro atoms. The Morgan fingerprint density at radius 2 is 2.05 bits per heavy atom. The van der Waals surface area contributed by atoms with Gasteiger partial charge in [0.25, 0.3) is 5.88 Å². The minimum absolute atomic E-state index is 0.0963. The molecule has 6 heteroatoms. The van der Waals surface area contributed by atoms with Gasteiger partial charge in [-0.2, -0.15) is 4.98 Å². The summed E-state index contributed by atoms with van der Waals surface area (Å²) < 4.78 is 24.3. The van der Waals surface area contributed by atoms with Crippen LogP contribution in [0.1, 0.15) is 5.56 Å². The van der Waals surface area contributed by atoms with Gasteiger partial charge in [-0.1, -0.05) is 6.07 Å². The van der Waals surface area contributed by atoms with Crippen molar-refractivity contribution in [2.75, 3.05) is 19.5 Å². The van der Waals surface area contributed by atoms with E-state index in [4.69, 9.17) is 9.47 Å². The van der Waals surface area contributed by atoms with Crippen LogP contribution in [0.3, 0.4) is 0 Å². The predicted octanol–water partition coefficient (Wildman–Crippen LogP) is 2.77. The summed E-state index contributed by atoms with van der Waals surface area (Å²) in [6, 6.07) is 4.60. The molecular formula is C13H14FN3O2. The molecular weight excluding hydrogens is 249 g/mol. The first-order valence-electron chi connectivity index (χ1n) is 5.66. The lowest BCUT2D eigenvalue weighted by molar-refractivity contribution is 0.360. The molecule has 1 aromatic heterocycles. The minimum atomic E-state index is -0.461. The van der Waals surface area contributed by atoms with Crippen LogP contribution >= 0.6 is 0 Å². The molecule has 0 atom stereocenters. The molecule has 0 aliphatic heterocycles. The summed E-state index contributed by atoms with van der Waals surface area (Å²) in [5.74, 6) is 0.592. The van der Waals surface area contributed by atoms with Crippen LogP contribution in [-0.4, -0.2) is 24.1 Å². The Hall–Kier alpha value is -2.37. The van der Waals surface area contributed by atoms with Crippen LogP contribution in [0.4, 0.5) is 10.2 Å². The van der Waals surface area contributed by atoms with E-state index in [-0.39, 0.29) is 11.6 Å². The highest BCUT2D eigenvalue weighted by Crippen LogP contribution is 2.34. The van der Waals surface area contributed by atoms with E-state index in [1.165, 1.54) is 19.5 Å². The minimum Gasteiger partial charge on any atom is -0.489 e. The average molecular weight is 263 g/mol. The van der Waals surface area contributed by atoms with Crippen LogP contribution in [0, 0.1) is 12.7 Å². The van der Waals surface area contributed by atoms with E-state index in [0.29, 0.717) is 11.6 Å². The molecule has 1 aromatic carbocycles. The summed E-state index contributed by atoms with van der Waals surface area (Å²) in [5, 5.41) is 2.85. The number of hydrogen-bond donors (Lipinski definition) is 1. The van der Waals surface area contributed by atoms with Gasteiger partial charge in [0.05, 0.1) is 7.11 Å². The van der Waals surface area contributed by atoms with Crippen LogP contribution in [0.15, 0.2) is 24.5 Å². The molecule has 0 amide bonds. The standard InChI is InChI=1S/C13H14FN3O2/c1-8-4-5-9(14)10(6-8)19-13-11(18-3)12(15-2)16-7-17-13/h4-7H,1-3H3,(H,15,16,17). The van der Waals surface area contributed by atoms with E-state index >= 15 is 0 Å². The molecule has 0 unspecified atom stereocenters. The van der Waals surface area contributed by atoms with Crippen molar-refractivity contribution in [2.45, 2.75) is 6.92 Å². The Morgan fingerprint density at radius 1 is 1.26 bits per heavy atom. The SMILES string of the molecule is CNc1ncnc(Oc2cc(C)ccc2F)c1OC. The molecule has 2 rings (SSSR count). The van der Waals surface area contributed by atoms with Gasteiger partial charge in [-0.3, -0.25) is 0 Å². The van der Waals surface area contributed by atoms with Gasteiger partial charge in [-0.05, 0) is 24.6 Å². The van der Waals surface area contributed by atoms with Crippen LogP contribution in [0.25, 0.3) is 0 Å². The smallest absolute Gasteiger partial charge is 0.268 e. The second-order valence-electron chi connectivity index (χ2n) is 3.85. The summed E-state index contributed by atoms with van der Waals surface area (Å²) >= 11 is 0. The van der Waals surface area contributed by atoms with Crippen molar-refractivity contribution >= 4 is 5.82 Å². The van der Waals surface area contributed by atoms with Crippen LogP contribution in [0.2, 0.25) is 0 Å². The molecule has 19 heavy (non-hydrogen) atoms. The van der Waals surface area contributed by atoms with Crippen LogP contribution < -0.4 is 14.8 Å². The lowest BCUT2D eigenvalue weighted by atomic mass is 10.2. The highest BCUT2D eigenvalue weighted by molar-refractivity contribution is 5.55. The number of nitrogens with zero attached hydrogens (tertiary/aromatic N) is 2. The van der Waals surface area contributed by atoms with Crippen molar-refractivity contribution in [1.29, 1.82) is 0 Å². The fourth-order valence-electron chi connectivity index (χ4n) is 1.59. The number of ether oxygens (including phenoxy) is 2. The first-order valence-corrected chi connectivity index (χ1v) is 5.66. The summed E-state index contributed by atoms with van der Waals surface area (Å²) in [4.78, 5) is 7.95. The second kappa shape index (κ2) is 5.51. The van der Waals surface area contributed by atoms with Gasteiger partial charge in [0.1, 0.15) is 6.33 Å². The number of nitrogens with one attached hydrogen (secondary N) is 1. The van der Waals surface area contributed by atoms with Crippen molar-refractivity contribution in [2.24, 2.45) is 0 Å². The second-order valence-corrected chi connectivity index (χ2v) is 3.85. The molecule has 0 radical (unpaired) electrons. The molecule has 0 bridgehead atoms. The molecule has 0 fully saturated rings. The Kier molecular flexibility index (Phi) is 3.79. The first-order chi connectivity index (χ1) is 9.15. The lowest BCUT2D eigenvalue weighted by Gasteiger charge is -2.12. The van der Waals surface area contributed by atoms with Crippen molar-refractivity contribution in [3.05, 3.63) is 35.9 Å². The third-order valence-corrected chi connectivity index (χ3v) is 2.51. The highest BCUT2D eigenvalue weighted by Gasteiger charge is 2.15. The van der Waals surface area contributed by atoms with Crippen molar-refractivity contribution in [1.82, 2.24) is 9.97 Å². The normalized spacial score (nSPS) is 10.1. The summed E-state index contributed by atoms with van der Waals surface area (Å²) in [6.45, 7) is 1.85. The summed E-state index contributed by atoms with van der Waals surface area (Å²) in [6.07, 6.45) is 1.32. The number of rotatable bonds is 4.